The second-order valence-corrected chi connectivity index (χ2v) is 8.20. The zero-order valence-electron chi connectivity index (χ0n) is 10.9. The summed E-state index contributed by atoms with van der Waals surface area (Å²) >= 11 is 0. The zero-order chi connectivity index (χ0) is 13.5. The number of nitrogens with two attached hydrogens (primary N) is 1. The second-order valence-electron chi connectivity index (χ2n) is 5.63. The molecule has 1 amide bonds. The van der Waals surface area contributed by atoms with Crippen LogP contribution in [0.4, 0.5) is 0 Å². The van der Waals surface area contributed by atoms with Gasteiger partial charge in [0, 0.05) is 12.8 Å². The van der Waals surface area contributed by atoms with Crippen LogP contribution < -0.4 is 11.1 Å². The van der Waals surface area contributed by atoms with Crippen molar-refractivity contribution in [1.29, 1.82) is 0 Å². The Morgan fingerprint density at radius 3 is 2.12 bits per heavy atom. The number of hydrogen-bond acceptors (Lipinski definition) is 4. The van der Waals surface area contributed by atoms with E-state index in [0.717, 1.165) is 19.1 Å². The molecule has 3 N–H and O–H groups in total. The Bertz CT molecular complexity index is 412. The van der Waals surface area contributed by atoms with Gasteiger partial charge < -0.3 is 11.1 Å². The molecule has 1 fully saturated rings. The van der Waals surface area contributed by atoms with Gasteiger partial charge in [-0.1, -0.05) is 0 Å². The van der Waals surface area contributed by atoms with Crippen LogP contribution >= 0.6 is 0 Å². The van der Waals surface area contributed by atoms with Crippen molar-refractivity contribution in [2.45, 2.75) is 43.9 Å². The molecule has 0 spiro atoms. The highest BCUT2D eigenvalue weighted by Crippen LogP contribution is 2.39. The summed E-state index contributed by atoms with van der Waals surface area (Å²) in [4.78, 5) is 12.1. The number of nitrogens with one attached hydrogen (secondary N) is 1. The van der Waals surface area contributed by atoms with E-state index in [1.54, 1.807) is 0 Å². The maximum atomic E-state index is 12.1. The first-order valence-electron chi connectivity index (χ1n) is 5.77. The summed E-state index contributed by atoms with van der Waals surface area (Å²) < 4.78 is 21.7. The summed E-state index contributed by atoms with van der Waals surface area (Å²) in [7, 11) is -3.44. The summed E-state index contributed by atoms with van der Waals surface area (Å²) in [6.45, 7) is 5.03. The van der Waals surface area contributed by atoms with E-state index in [9.17, 15) is 13.2 Å². The van der Waals surface area contributed by atoms with E-state index in [0.29, 0.717) is 12.5 Å². The summed E-state index contributed by atoms with van der Waals surface area (Å²) in [5, 5.41) is 2.81. The van der Waals surface area contributed by atoms with Crippen LogP contribution in [0.25, 0.3) is 0 Å². The van der Waals surface area contributed by atoms with Gasteiger partial charge in [-0.05, 0) is 39.5 Å². The van der Waals surface area contributed by atoms with Gasteiger partial charge in [-0.3, -0.25) is 4.79 Å². The molecule has 0 aliphatic heterocycles. The van der Waals surface area contributed by atoms with Gasteiger partial charge in [0.05, 0.1) is 5.54 Å². The minimum Gasteiger partial charge on any atom is -0.348 e. The fraction of sp³-hybridized carbons (Fsp3) is 0.909. The smallest absolute Gasteiger partial charge is 0.241 e. The van der Waals surface area contributed by atoms with Gasteiger partial charge in [-0.2, -0.15) is 0 Å². The van der Waals surface area contributed by atoms with Crippen molar-refractivity contribution in [3.05, 3.63) is 0 Å². The Morgan fingerprint density at radius 1 is 1.35 bits per heavy atom. The molecule has 0 heterocycles. The first kappa shape index (κ1) is 14.4. The summed E-state index contributed by atoms with van der Waals surface area (Å²) in [6.07, 6.45) is 3.14. The third-order valence-corrected chi connectivity index (χ3v) is 5.81. The van der Waals surface area contributed by atoms with Gasteiger partial charge in [0.2, 0.25) is 5.91 Å². The summed E-state index contributed by atoms with van der Waals surface area (Å²) in [5.74, 6) is -0.105. The molecule has 0 aromatic carbocycles. The average Bonchev–Trinajstić information content (AvgIpc) is 2.98. The van der Waals surface area contributed by atoms with Crippen LogP contribution in [0, 0.1) is 5.92 Å². The minimum atomic E-state index is -3.44. The van der Waals surface area contributed by atoms with Crippen molar-refractivity contribution in [3.63, 3.8) is 0 Å². The monoisotopic (exact) mass is 262 g/mol. The highest BCUT2D eigenvalue weighted by Gasteiger charge is 2.46. The first-order chi connectivity index (χ1) is 7.54. The molecule has 0 radical (unpaired) electrons. The number of carbonyl (C=O) groups is 1. The van der Waals surface area contributed by atoms with Crippen LogP contribution in [0.15, 0.2) is 0 Å². The molecule has 0 aromatic rings. The predicted octanol–water partition coefficient (Wildman–Crippen LogP) is 0.0532. The van der Waals surface area contributed by atoms with Crippen LogP contribution in [0.2, 0.25) is 0 Å². The van der Waals surface area contributed by atoms with E-state index in [1.165, 1.54) is 13.8 Å². The fourth-order valence-corrected chi connectivity index (χ4v) is 2.01. The first-order valence-corrected chi connectivity index (χ1v) is 7.66. The number of rotatable bonds is 5. The maximum absolute atomic E-state index is 12.1. The van der Waals surface area contributed by atoms with Crippen LogP contribution in [-0.2, 0) is 14.6 Å². The molecule has 6 heteroatoms. The Labute approximate surface area is 103 Å². The molecule has 17 heavy (non-hydrogen) atoms. The molecule has 1 aliphatic carbocycles. The molecular formula is C11H22N2O3S. The third kappa shape index (κ3) is 2.80. The molecule has 1 unspecified atom stereocenters. The van der Waals surface area contributed by atoms with Crippen molar-refractivity contribution >= 4 is 15.7 Å². The maximum Gasteiger partial charge on any atom is 0.241 e. The van der Waals surface area contributed by atoms with Gasteiger partial charge >= 0.3 is 0 Å². The van der Waals surface area contributed by atoms with Gasteiger partial charge in [0.1, 0.15) is 4.75 Å². The lowest BCUT2D eigenvalue weighted by Gasteiger charge is -2.33. The van der Waals surface area contributed by atoms with Gasteiger partial charge in [-0.15, -0.1) is 0 Å². The Hall–Kier alpha value is -0.620. The Kier molecular flexibility index (Phi) is 3.60. The number of amides is 1. The van der Waals surface area contributed by atoms with Crippen LogP contribution in [0.1, 0.15) is 33.6 Å². The molecule has 5 nitrogen and oxygen atoms in total. The number of hydrogen-bond donors (Lipinski definition) is 2. The van der Waals surface area contributed by atoms with Crippen LogP contribution in [-0.4, -0.2) is 37.4 Å². The van der Waals surface area contributed by atoms with E-state index < -0.39 is 26.0 Å². The molecule has 0 saturated heterocycles. The Balaban J connectivity index is 2.85. The van der Waals surface area contributed by atoms with Gasteiger partial charge in [0.25, 0.3) is 0 Å². The molecule has 1 rings (SSSR count). The molecule has 0 aromatic heterocycles. The minimum absolute atomic E-state index is 0.323. The number of sulfone groups is 1. The topological polar surface area (TPSA) is 89.3 Å². The Morgan fingerprint density at radius 2 is 1.82 bits per heavy atom. The number of carbonyl (C=O) groups excluding carboxylic acids is 1. The lowest BCUT2D eigenvalue weighted by atomic mass is 9.95. The molecular weight excluding hydrogens is 240 g/mol. The lowest BCUT2D eigenvalue weighted by Crippen LogP contribution is -2.59. The van der Waals surface area contributed by atoms with Crippen molar-refractivity contribution in [1.82, 2.24) is 5.32 Å². The standard InChI is InChI=1S/C11H22N2O3S/c1-10(2,17(4,15)16)9(14)13-11(3,7-12)8-5-6-8/h8H,5-7,12H2,1-4H3,(H,13,14). The highest BCUT2D eigenvalue weighted by molar-refractivity contribution is 7.92. The highest BCUT2D eigenvalue weighted by atomic mass is 32.2. The zero-order valence-corrected chi connectivity index (χ0v) is 11.7. The van der Waals surface area contributed by atoms with E-state index in [1.807, 2.05) is 6.92 Å². The second kappa shape index (κ2) is 4.24. The molecule has 1 saturated carbocycles. The van der Waals surface area contributed by atoms with E-state index >= 15 is 0 Å². The normalized spacial score (nSPS) is 20.8. The summed E-state index contributed by atoms with van der Waals surface area (Å²) in [5.41, 5.74) is 5.20. The molecule has 1 aliphatic rings. The third-order valence-electron chi connectivity index (χ3n) is 3.78. The fourth-order valence-electron chi connectivity index (χ4n) is 1.62. The molecule has 100 valence electrons. The van der Waals surface area contributed by atoms with Gasteiger partial charge in [-0.25, -0.2) is 8.42 Å². The van der Waals surface area contributed by atoms with Crippen molar-refractivity contribution in [3.8, 4) is 0 Å². The average molecular weight is 262 g/mol. The quantitative estimate of drug-likeness (QED) is 0.733. The van der Waals surface area contributed by atoms with E-state index in [4.69, 9.17) is 5.73 Å². The van der Waals surface area contributed by atoms with Crippen LogP contribution in [0.5, 0.6) is 0 Å². The van der Waals surface area contributed by atoms with Crippen LogP contribution in [0.3, 0.4) is 0 Å². The summed E-state index contributed by atoms with van der Waals surface area (Å²) in [6, 6.07) is 0. The van der Waals surface area contributed by atoms with Gasteiger partial charge in [0.15, 0.2) is 9.84 Å². The lowest BCUT2D eigenvalue weighted by molar-refractivity contribution is -0.124. The van der Waals surface area contributed by atoms with Crippen molar-refractivity contribution in [2.24, 2.45) is 11.7 Å². The van der Waals surface area contributed by atoms with E-state index in [2.05, 4.69) is 5.32 Å². The predicted molar refractivity (Wildman–Crippen MR) is 67.2 cm³/mol. The van der Waals surface area contributed by atoms with Crippen molar-refractivity contribution < 1.29 is 13.2 Å². The van der Waals surface area contributed by atoms with E-state index in [-0.39, 0.29) is 0 Å². The molecule has 1 atom stereocenters. The molecule has 0 bridgehead atoms. The SMILES string of the molecule is CC(CN)(NC(=O)C(C)(C)S(C)(=O)=O)C1CC1. The largest absolute Gasteiger partial charge is 0.348 e. The van der Waals surface area contributed by atoms with Crippen molar-refractivity contribution in [2.75, 3.05) is 12.8 Å².